The summed E-state index contributed by atoms with van der Waals surface area (Å²) >= 11 is 3.42. The van der Waals surface area contributed by atoms with Crippen LogP contribution in [0.2, 0.25) is 0 Å². The van der Waals surface area contributed by atoms with Crippen molar-refractivity contribution in [1.82, 2.24) is 4.98 Å². The average Bonchev–Trinajstić information content (AvgIpc) is 2.28. The summed E-state index contributed by atoms with van der Waals surface area (Å²) in [5.74, 6) is 0. The van der Waals surface area contributed by atoms with Gasteiger partial charge in [0.25, 0.3) is 6.47 Å². The van der Waals surface area contributed by atoms with Crippen LogP contribution in [0.15, 0.2) is 34.8 Å². The number of hydrogen-bond acceptors (Lipinski definition) is 3. The Labute approximate surface area is 108 Å². The third-order valence-electron chi connectivity index (χ3n) is 2.61. The van der Waals surface area contributed by atoms with Crippen LogP contribution in [0, 0.1) is 0 Å². The fourth-order valence-corrected chi connectivity index (χ4v) is 1.99. The largest absolute Gasteiger partial charge is 0.455 e. The summed E-state index contributed by atoms with van der Waals surface area (Å²) in [6, 6.07) is 9.71. The molecule has 0 aliphatic carbocycles. The minimum Gasteiger partial charge on any atom is -0.455 e. The number of ether oxygens (including phenoxy) is 1. The van der Waals surface area contributed by atoms with E-state index in [1.165, 1.54) is 0 Å². The van der Waals surface area contributed by atoms with Gasteiger partial charge in [-0.1, -0.05) is 22.0 Å². The molecule has 17 heavy (non-hydrogen) atoms. The van der Waals surface area contributed by atoms with Crippen LogP contribution < -0.4 is 0 Å². The second-order valence-corrected chi connectivity index (χ2v) is 5.17. The number of carbonyl (C=O) groups excluding carboxylic acids is 1. The fourth-order valence-electron chi connectivity index (χ4n) is 1.61. The number of aromatic nitrogens is 1. The van der Waals surface area contributed by atoms with E-state index >= 15 is 0 Å². The first-order chi connectivity index (χ1) is 8.03. The van der Waals surface area contributed by atoms with Gasteiger partial charge in [0.2, 0.25) is 0 Å². The summed E-state index contributed by atoms with van der Waals surface area (Å²) in [5.41, 5.74) is 0.913. The van der Waals surface area contributed by atoms with Crippen molar-refractivity contribution < 1.29 is 9.53 Å². The monoisotopic (exact) mass is 293 g/mol. The van der Waals surface area contributed by atoms with Crippen molar-refractivity contribution in [1.29, 1.82) is 0 Å². The highest BCUT2D eigenvalue weighted by Crippen LogP contribution is 2.25. The Morgan fingerprint density at radius 3 is 2.76 bits per heavy atom. The molecule has 0 saturated carbocycles. The lowest BCUT2D eigenvalue weighted by atomic mass is 10.0. The van der Waals surface area contributed by atoms with Crippen LogP contribution in [0.1, 0.15) is 19.5 Å². The van der Waals surface area contributed by atoms with Crippen LogP contribution in [0.25, 0.3) is 10.9 Å². The van der Waals surface area contributed by atoms with Crippen molar-refractivity contribution >= 4 is 33.3 Å². The summed E-state index contributed by atoms with van der Waals surface area (Å²) in [5, 5.41) is 1.05. The Morgan fingerprint density at radius 1 is 1.29 bits per heavy atom. The summed E-state index contributed by atoms with van der Waals surface area (Å²) < 4.78 is 6.05. The normalized spacial score (nSPS) is 11.5. The first kappa shape index (κ1) is 12.0. The van der Waals surface area contributed by atoms with Crippen LogP contribution in [-0.2, 0) is 15.1 Å². The number of halogens is 1. The van der Waals surface area contributed by atoms with Crippen molar-refractivity contribution in [3.05, 3.63) is 40.5 Å². The summed E-state index contributed by atoms with van der Waals surface area (Å²) in [7, 11) is 0. The molecule has 0 atom stereocenters. The maximum Gasteiger partial charge on any atom is 0.294 e. The van der Waals surface area contributed by atoms with Gasteiger partial charge >= 0.3 is 0 Å². The van der Waals surface area contributed by atoms with Crippen LogP contribution in [0.5, 0.6) is 0 Å². The van der Waals surface area contributed by atoms with Gasteiger partial charge in [0, 0.05) is 9.86 Å². The molecule has 0 aliphatic heterocycles. The van der Waals surface area contributed by atoms with Gasteiger partial charge in [-0.05, 0) is 38.1 Å². The molecule has 0 radical (unpaired) electrons. The van der Waals surface area contributed by atoms with Gasteiger partial charge < -0.3 is 4.74 Å². The van der Waals surface area contributed by atoms with E-state index < -0.39 is 5.60 Å². The Hall–Kier alpha value is -1.42. The molecular weight excluding hydrogens is 282 g/mol. The zero-order valence-electron chi connectivity index (χ0n) is 9.61. The summed E-state index contributed by atoms with van der Waals surface area (Å²) in [4.78, 5) is 14.9. The van der Waals surface area contributed by atoms with Gasteiger partial charge in [0.05, 0.1) is 11.2 Å². The molecule has 0 spiro atoms. The van der Waals surface area contributed by atoms with Crippen molar-refractivity contribution in [2.45, 2.75) is 19.4 Å². The third kappa shape index (κ3) is 2.47. The molecule has 4 heteroatoms. The molecule has 0 aliphatic rings. The Bertz CT molecular complexity index is 566. The lowest BCUT2D eigenvalue weighted by Gasteiger charge is -2.22. The van der Waals surface area contributed by atoms with Gasteiger partial charge in [-0.3, -0.25) is 4.79 Å². The fraction of sp³-hybridized carbons (Fsp3) is 0.231. The van der Waals surface area contributed by atoms with Gasteiger partial charge in [-0.25, -0.2) is 4.98 Å². The Balaban J connectivity index is 2.51. The zero-order chi connectivity index (χ0) is 12.5. The smallest absolute Gasteiger partial charge is 0.294 e. The molecule has 0 amide bonds. The minimum absolute atomic E-state index is 0.452. The van der Waals surface area contributed by atoms with E-state index in [-0.39, 0.29) is 0 Å². The number of pyridine rings is 1. The first-order valence-electron chi connectivity index (χ1n) is 5.21. The molecule has 1 heterocycles. The number of fused-ring (bicyclic) bond motifs is 1. The predicted molar refractivity (Wildman–Crippen MR) is 69.6 cm³/mol. The molecule has 2 rings (SSSR count). The number of benzene rings is 1. The molecule has 0 N–H and O–H groups in total. The molecule has 1 aromatic heterocycles. The summed E-state index contributed by atoms with van der Waals surface area (Å²) in [6.45, 7) is 4.08. The van der Waals surface area contributed by atoms with Crippen molar-refractivity contribution in [2.24, 2.45) is 0 Å². The minimum atomic E-state index is -0.705. The topological polar surface area (TPSA) is 39.2 Å². The Kier molecular flexibility index (Phi) is 3.15. The maximum absolute atomic E-state index is 10.4. The second-order valence-electron chi connectivity index (χ2n) is 4.26. The van der Waals surface area contributed by atoms with Crippen LogP contribution >= 0.6 is 15.9 Å². The first-order valence-corrected chi connectivity index (χ1v) is 6.00. The molecule has 2 aromatic rings. The van der Waals surface area contributed by atoms with Gasteiger partial charge in [0.15, 0.2) is 0 Å². The quantitative estimate of drug-likeness (QED) is 0.814. The maximum atomic E-state index is 10.4. The molecule has 0 fully saturated rings. The lowest BCUT2D eigenvalue weighted by molar-refractivity contribution is -0.141. The number of carbonyl (C=O) groups is 1. The molecule has 88 valence electrons. The van der Waals surface area contributed by atoms with Crippen LogP contribution in [0.3, 0.4) is 0 Å². The van der Waals surface area contributed by atoms with Gasteiger partial charge in [-0.2, -0.15) is 0 Å². The third-order valence-corrected chi connectivity index (χ3v) is 3.10. The SMILES string of the molecule is CC(C)(OC=O)c1ccc2cc(Br)ccc2n1. The van der Waals surface area contributed by atoms with Gasteiger partial charge in [0.1, 0.15) is 5.60 Å². The van der Waals surface area contributed by atoms with E-state index in [0.29, 0.717) is 6.47 Å². The van der Waals surface area contributed by atoms with E-state index in [1.807, 2.05) is 44.2 Å². The summed E-state index contributed by atoms with van der Waals surface area (Å²) in [6.07, 6.45) is 0. The van der Waals surface area contributed by atoms with Crippen molar-refractivity contribution in [2.75, 3.05) is 0 Å². The number of nitrogens with zero attached hydrogens (tertiary/aromatic N) is 1. The van der Waals surface area contributed by atoms with E-state index in [2.05, 4.69) is 20.9 Å². The van der Waals surface area contributed by atoms with Crippen molar-refractivity contribution in [3.63, 3.8) is 0 Å². The number of rotatable bonds is 3. The second kappa shape index (κ2) is 4.45. The van der Waals surface area contributed by atoms with Gasteiger partial charge in [-0.15, -0.1) is 0 Å². The standard InChI is InChI=1S/C13H12BrNO2/c1-13(2,17-8-16)12-6-3-9-7-10(14)4-5-11(9)15-12/h3-8H,1-2H3. The van der Waals surface area contributed by atoms with Crippen LogP contribution in [0.4, 0.5) is 0 Å². The molecule has 3 nitrogen and oxygen atoms in total. The lowest BCUT2D eigenvalue weighted by Crippen LogP contribution is -2.22. The van der Waals surface area contributed by atoms with E-state index in [4.69, 9.17) is 4.74 Å². The highest BCUT2D eigenvalue weighted by atomic mass is 79.9. The average molecular weight is 294 g/mol. The predicted octanol–water partition coefficient (Wildman–Crippen LogP) is 3.41. The number of hydrogen-bond donors (Lipinski definition) is 0. The van der Waals surface area contributed by atoms with E-state index in [0.717, 1.165) is 21.1 Å². The van der Waals surface area contributed by atoms with E-state index in [9.17, 15) is 4.79 Å². The highest BCUT2D eigenvalue weighted by Gasteiger charge is 2.23. The zero-order valence-corrected chi connectivity index (χ0v) is 11.2. The molecule has 0 bridgehead atoms. The highest BCUT2D eigenvalue weighted by molar-refractivity contribution is 9.10. The van der Waals surface area contributed by atoms with E-state index in [1.54, 1.807) is 0 Å². The molecule has 0 unspecified atom stereocenters. The molecular formula is C13H12BrNO2. The molecule has 1 aromatic carbocycles. The van der Waals surface area contributed by atoms with Crippen LogP contribution in [-0.4, -0.2) is 11.5 Å². The Morgan fingerprint density at radius 2 is 2.06 bits per heavy atom. The van der Waals surface area contributed by atoms with Crippen molar-refractivity contribution in [3.8, 4) is 0 Å². The molecule has 0 saturated heterocycles.